The Hall–Kier alpha value is -2.16. The molecule has 0 aliphatic carbocycles. The fourth-order valence-corrected chi connectivity index (χ4v) is 1.89. The van der Waals surface area contributed by atoms with Crippen molar-refractivity contribution in [3.8, 4) is 0 Å². The average molecular weight is 266 g/mol. The van der Waals surface area contributed by atoms with Crippen LogP contribution < -0.4 is 5.73 Å². The highest BCUT2D eigenvalue weighted by atomic mass is 32.2. The summed E-state index contributed by atoms with van der Waals surface area (Å²) in [5, 5.41) is 12.0. The Bertz CT molecular complexity index is 584. The lowest BCUT2D eigenvalue weighted by atomic mass is 10.3. The predicted octanol–water partition coefficient (Wildman–Crippen LogP) is 0.125. The van der Waals surface area contributed by atoms with Crippen molar-refractivity contribution in [3.05, 3.63) is 17.8 Å². The number of hydrogen-bond donors (Lipinski definition) is 1. The molecule has 0 saturated heterocycles. The lowest BCUT2D eigenvalue weighted by Gasteiger charge is -2.05. The molecule has 0 bridgehead atoms. The van der Waals surface area contributed by atoms with Crippen LogP contribution in [-0.2, 0) is 11.8 Å². The minimum absolute atomic E-state index is 0.185. The van der Waals surface area contributed by atoms with Crippen LogP contribution in [0.3, 0.4) is 0 Å². The van der Waals surface area contributed by atoms with Gasteiger partial charge in [0.1, 0.15) is 10.7 Å². The van der Waals surface area contributed by atoms with Gasteiger partial charge in [-0.2, -0.15) is 0 Å². The molecule has 2 aromatic heterocycles. The third-order valence-electron chi connectivity index (χ3n) is 2.05. The molecule has 0 unspecified atom stereocenters. The van der Waals surface area contributed by atoms with Gasteiger partial charge in [-0.15, -0.1) is 5.10 Å². The van der Waals surface area contributed by atoms with Gasteiger partial charge in [-0.05, 0) is 34.3 Å². The maximum Gasteiger partial charge on any atom is 0.356 e. The summed E-state index contributed by atoms with van der Waals surface area (Å²) in [5.74, 6) is -0.520. The number of pyridine rings is 1. The molecule has 0 amide bonds. The quantitative estimate of drug-likeness (QED) is 0.780. The zero-order valence-electron chi connectivity index (χ0n) is 9.69. The SMILES string of the molecule is COC(=O)c1ccc(N)c(Sc2nnnn2C)n1. The highest BCUT2D eigenvalue weighted by molar-refractivity contribution is 7.99. The van der Waals surface area contributed by atoms with Crippen LogP contribution in [-0.4, -0.2) is 38.3 Å². The summed E-state index contributed by atoms with van der Waals surface area (Å²) < 4.78 is 6.08. The number of aryl methyl sites for hydroxylation is 1. The zero-order valence-corrected chi connectivity index (χ0v) is 10.5. The summed E-state index contributed by atoms with van der Waals surface area (Å²) in [6.07, 6.45) is 0. The van der Waals surface area contributed by atoms with Gasteiger partial charge in [0, 0.05) is 7.05 Å². The van der Waals surface area contributed by atoms with Crippen LogP contribution in [0.2, 0.25) is 0 Å². The summed E-state index contributed by atoms with van der Waals surface area (Å²) in [4.78, 5) is 15.5. The third kappa shape index (κ3) is 2.40. The number of tetrazole rings is 1. The minimum Gasteiger partial charge on any atom is -0.464 e. The van der Waals surface area contributed by atoms with E-state index in [4.69, 9.17) is 5.73 Å². The van der Waals surface area contributed by atoms with Crippen LogP contribution in [0.5, 0.6) is 0 Å². The van der Waals surface area contributed by atoms with E-state index in [1.165, 1.54) is 29.6 Å². The Morgan fingerprint density at radius 3 is 2.89 bits per heavy atom. The van der Waals surface area contributed by atoms with Crippen molar-refractivity contribution in [2.24, 2.45) is 7.05 Å². The summed E-state index contributed by atoms with van der Waals surface area (Å²) >= 11 is 1.17. The first kappa shape index (κ1) is 12.3. The molecule has 0 fully saturated rings. The Morgan fingerprint density at radius 1 is 1.50 bits per heavy atom. The lowest BCUT2D eigenvalue weighted by molar-refractivity contribution is 0.0593. The first-order valence-corrected chi connectivity index (χ1v) is 5.68. The fourth-order valence-electron chi connectivity index (χ4n) is 1.15. The second-order valence-corrected chi connectivity index (χ2v) is 4.23. The maximum absolute atomic E-state index is 11.4. The standard InChI is InChI=1S/C9H10N6O2S/c1-15-9(12-13-14-15)18-7-5(10)3-4-6(11-7)8(16)17-2/h3-4H,10H2,1-2H3. The number of carbonyl (C=O) groups excluding carboxylic acids is 1. The Labute approximate surface area is 107 Å². The molecule has 0 radical (unpaired) electrons. The molecule has 2 heterocycles. The highest BCUT2D eigenvalue weighted by Crippen LogP contribution is 2.28. The van der Waals surface area contributed by atoms with Crippen LogP contribution in [0, 0.1) is 0 Å². The molecule has 0 aromatic carbocycles. The number of nitrogens with zero attached hydrogens (tertiary/aromatic N) is 5. The number of hydrogen-bond acceptors (Lipinski definition) is 8. The van der Waals surface area contributed by atoms with Gasteiger partial charge < -0.3 is 10.5 Å². The number of nitrogens with two attached hydrogens (primary N) is 1. The smallest absolute Gasteiger partial charge is 0.356 e. The molecular formula is C9H10N6O2S. The monoisotopic (exact) mass is 266 g/mol. The van der Waals surface area contributed by atoms with Gasteiger partial charge >= 0.3 is 5.97 Å². The molecule has 0 aliphatic heterocycles. The van der Waals surface area contributed by atoms with E-state index in [0.29, 0.717) is 15.9 Å². The second-order valence-electron chi connectivity index (χ2n) is 3.27. The van der Waals surface area contributed by atoms with Crippen LogP contribution in [0.25, 0.3) is 0 Å². The highest BCUT2D eigenvalue weighted by Gasteiger charge is 2.13. The van der Waals surface area contributed by atoms with Crippen LogP contribution in [0.15, 0.2) is 22.3 Å². The fraction of sp³-hybridized carbons (Fsp3) is 0.222. The molecule has 0 atom stereocenters. The molecule has 0 saturated carbocycles. The normalized spacial score (nSPS) is 10.3. The minimum atomic E-state index is -0.520. The van der Waals surface area contributed by atoms with Crippen LogP contribution in [0.4, 0.5) is 5.69 Å². The second kappa shape index (κ2) is 5.00. The molecule has 0 aliphatic rings. The van der Waals surface area contributed by atoms with E-state index in [1.54, 1.807) is 13.1 Å². The van der Waals surface area contributed by atoms with Crippen molar-refractivity contribution in [1.82, 2.24) is 25.2 Å². The first-order valence-electron chi connectivity index (χ1n) is 4.87. The third-order valence-corrected chi connectivity index (χ3v) is 3.10. The molecule has 18 heavy (non-hydrogen) atoms. The van der Waals surface area contributed by atoms with Crippen molar-refractivity contribution in [2.75, 3.05) is 12.8 Å². The number of carbonyl (C=O) groups is 1. The molecular weight excluding hydrogens is 256 g/mol. The van der Waals surface area contributed by atoms with E-state index in [1.807, 2.05) is 0 Å². The number of ether oxygens (including phenoxy) is 1. The summed E-state index contributed by atoms with van der Waals surface area (Å²) in [6.45, 7) is 0. The van der Waals surface area contributed by atoms with Gasteiger partial charge in [0.25, 0.3) is 0 Å². The van der Waals surface area contributed by atoms with Gasteiger partial charge in [0.15, 0.2) is 0 Å². The number of esters is 1. The first-order chi connectivity index (χ1) is 8.61. The van der Waals surface area contributed by atoms with Crippen molar-refractivity contribution in [2.45, 2.75) is 10.2 Å². The Morgan fingerprint density at radius 2 is 2.28 bits per heavy atom. The van der Waals surface area contributed by atoms with E-state index in [2.05, 4.69) is 25.2 Å². The summed E-state index contributed by atoms with van der Waals surface area (Å²) in [6, 6.07) is 3.09. The van der Waals surface area contributed by atoms with Crippen molar-refractivity contribution in [3.63, 3.8) is 0 Å². The van der Waals surface area contributed by atoms with Gasteiger partial charge in [0.2, 0.25) is 5.16 Å². The molecule has 8 nitrogen and oxygen atoms in total. The van der Waals surface area contributed by atoms with E-state index < -0.39 is 5.97 Å². The molecule has 0 spiro atoms. The number of nitrogen functional groups attached to an aromatic ring is 1. The van der Waals surface area contributed by atoms with E-state index in [0.717, 1.165) is 0 Å². The van der Waals surface area contributed by atoms with E-state index in [9.17, 15) is 4.79 Å². The van der Waals surface area contributed by atoms with Crippen molar-refractivity contribution >= 4 is 23.4 Å². The predicted molar refractivity (Wildman–Crippen MR) is 62.9 cm³/mol. The molecule has 2 N–H and O–H groups in total. The Balaban J connectivity index is 2.32. The van der Waals surface area contributed by atoms with Crippen molar-refractivity contribution < 1.29 is 9.53 Å². The largest absolute Gasteiger partial charge is 0.464 e. The zero-order chi connectivity index (χ0) is 13.1. The van der Waals surface area contributed by atoms with Crippen LogP contribution >= 0.6 is 11.8 Å². The molecule has 2 rings (SSSR count). The number of rotatable bonds is 3. The maximum atomic E-state index is 11.4. The van der Waals surface area contributed by atoms with Gasteiger partial charge in [-0.3, -0.25) is 0 Å². The van der Waals surface area contributed by atoms with Crippen LogP contribution in [0.1, 0.15) is 10.5 Å². The Kier molecular flexibility index (Phi) is 3.42. The number of aromatic nitrogens is 5. The van der Waals surface area contributed by atoms with E-state index >= 15 is 0 Å². The number of methoxy groups -OCH3 is 1. The average Bonchev–Trinajstić information content (AvgIpc) is 2.77. The van der Waals surface area contributed by atoms with Gasteiger partial charge in [-0.1, -0.05) is 0 Å². The topological polar surface area (TPSA) is 109 Å². The summed E-state index contributed by atoms with van der Waals surface area (Å²) in [5.41, 5.74) is 6.41. The molecule has 9 heteroatoms. The van der Waals surface area contributed by atoms with Gasteiger partial charge in [0.05, 0.1) is 12.8 Å². The number of anilines is 1. The summed E-state index contributed by atoms with van der Waals surface area (Å²) in [7, 11) is 2.99. The van der Waals surface area contributed by atoms with Gasteiger partial charge in [-0.25, -0.2) is 14.5 Å². The van der Waals surface area contributed by atoms with E-state index in [-0.39, 0.29) is 5.69 Å². The van der Waals surface area contributed by atoms with Crippen molar-refractivity contribution in [1.29, 1.82) is 0 Å². The molecule has 94 valence electrons. The lowest BCUT2D eigenvalue weighted by Crippen LogP contribution is -2.06. The molecule has 2 aromatic rings.